The maximum absolute atomic E-state index is 12.0. The van der Waals surface area contributed by atoms with Crippen LogP contribution >= 0.6 is 11.6 Å². The summed E-state index contributed by atoms with van der Waals surface area (Å²) < 4.78 is 15.6. The lowest BCUT2D eigenvalue weighted by Crippen LogP contribution is -2.25. The van der Waals surface area contributed by atoms with E-state index < -0.39 is 5.97 Å². The highest BCUT2D eigenvalue weighted by molar-refractivity contribution is 6.33. The van der Waals surface area contributed by atoms with Gasteiger partial charge in [-0.2, -0.15) is 0 Å². The molecule has 0 saturated heterocycles. The van der Waals surface area contributed by atoms with E-state index in [1.54, 1.807) is 7.11 Å². The van der Waals surface area contributed by atoms with E-state index in [-0.39, 0.29) is 22.8 Å². The van der Waals surface area contributed by atoms with Crippen LogP contribution in [0.15, 0.2) is 12.1 Å². The summed E-state index contributed by atoms with van der Waals surface area (Å²) in [5.74, 6) is -0.168. The van der Waals surface area contributed by atoms with E-state index in [0.29, 0.717) is 17.9 Å². The maximum atomic E-state index is 12.0. The molecule has 1 aromatic carbocycles. The van der Waals surface area contributed by atoms with E-state index in [2.05, 4.69) is 0 Å². The summed E-state index contributed by atoms with van der Waals surface area (Å²) in [7, 11) is 3.07. The van der Waals surface area contributed by atoms with E-state index in [9.17, 15) is 4.79 Å². The van der Waals surface area contributed by atoms with E-state index in [1.165, 1.54) is 19.2 Å². The number of nitrogens with two attached hydrogens (primary N) is 1. The molecule has 0 fully saturated rings. The van der Waals surface area contributed by atoms with Crippen LogP contribution in [0.25, 0.3) is 0 Å². The van der Waals surface area contributed by atoms with Gasteiger partial charge in [0.1, 0.15) is 11.3 Å². The molecule has 0 atom stereocenters. The molecule has 0 spiro atoms. The number of anilines is 1. The quantitative estimate of drug-likeness (QED) is 0.646. The Hall–Kier alpha value is -1.46. The van der Waals surface area contributed by atoms with E-state index in [4.69, 9.17) is 31.5 Å². The minimum Gasteiger partial charge on any atom is -0.496 e. The zero-order valence-electron chi connectivity index (χ0n) is 12.2. The SMILES string of the molecule is COc1cc(N)c(Cl)cc1C(=O)OCCC(C)(C)OC. The minimum atomic E-state index is -0.504. The lowest BCUT2D eigenvalue weighted by molar-refractivity contribution is -0.00570. The topological polar surface area (TPSA) is 70.8 Å². The standard InChI is InChI=1S/C14H20ClNO4/c1-14(2,19-4)5-6-20-13(17)9-7-10(15)11(16)8-12(9)18-3/h7-8H,5-6,16H2,1-4H3. The number of nitrogen functional groups attached to an aromatic ring is 1. The molecule has 1 aromatic rings. The number of hydrogen-bond acceptors (Lipinski definition) is 5. The average Bonchev–Trinajstić information content (AvgIpc) is 2.41. The van der Waals surface area contributed by atoms with E-state index in [1.807, 2.05) is 13.8 Å². The summed E-state index contributed by atoms with van der Waals surface area (Å²) in [6.07, 6.45) is 0.584. The molecule has 0 bridgehead atoms. The van der Waals surface area contributed by atoms with Crippen LogP contribution in [0.4, 0.5) is 5.69 Å². The fourth-order valence-electron chi connectivity index (χ4n) is 1.47. The van der Waals surface area contributed by atoms with Gasteiger partial charge in [-0.25, -0.2) is 4.79 Å². The van der Waals surface area contributed by atoms with Crippen molar-refractivity contribution in [1.29, 1.82) is 0 Å². The number of carbonyl (C=O) groups is 1. The van der Waals surface area contributed by atoms with Crippen molar-refractivity contribution in [2.24, 2.45) is 0 Å². The third kappa shape index (κ3) is 4.28. The van der Waals surface area contributed by atoms with Gasteiger partial charge in [-0.3, -0.25) is 0 Å². The number of benzene rings is 1. The molecule has 0 aromatic heterocycles. The molecule has 0 unspecified atom stereocenters. The summed E-state index contributed by atoms with van der Waals surface area (Å²) in [5.41, 5.74) is 5.92. The number of hydrogen-bond donors (Lipinski definition) is 1. The summed E-state index contributed by atoms with van der Waals surface area (Å²) in [4.78, 5) is 12.0. The lowest BCUT2D eigenvalue weighted by Gasteiger charge is -2.22. The van der Waals surface area contributed by atoms with Crippen LogP contribution in [-0.2, 0) is 9.47 Å². The molecule has 1 rings (SSSR count). The highest BCUT2D eigenvalue weighted by Gasteiger charge is 2.20. The monoisotopic (exact) mass is 301 g/mol. The van der Waals surface area contributed by atoms with Gasteiger partial charge in [0, 0.05) is 19.6 Å². The number of ether oxygens (including phenoxy) is 3. The van der Waals surface area contributed by atoms with Crippen LogP contribution in [-0.4, -0.2) is 32.4 Å². The lowest BCUT2D eigenvalue weighted by atomic mass is 10.1. The van der Waals surface area contributed by atoms with Crippen molar-refractivity contribution < 1.29 is 19.0 Å². The number of carbonyl (C=O) groups excluding carboxylic acids is 1. The third-order valence-electron chi connectivity index (χ3n) is 3.03. The smallest absolute Gasteiger partial charge is 0.341 e. The van der Waals surface area contributed by atoms with Gasteiger partial charge in [-0.15, -0.1) is 0 Å². The second kappa shape index (κ2) is 6.81. The van der Waals surface area contributed by atoms with Crippen molar-refractivity contribution in [2.45, 2.75) is 25.9 Å². The van der Waals surface area contributed by atoms with Crippen molar-refractivity contribution in [1.82, 2.24) is 0 Å². The molecule has 2 N–H and O–H groups in total. The average molecular weight is 302 g/mol. The van der Waals surface area contributed by atoms with Gasteiger partial charge in [0.15, 0.2) is 0 Å². The highest BCUT2D eigenvalue weighted by Crippen LogP contribution is 2.29. The fraction of sp³-hybridized carbons (Fsp3) is 0.500. The number of rotatable bonds is 6. The highest BCUT2D eigenvalue weighted by atomic mass is 35.5. The summed E-state index contributed by atoms with van der Waals surface area (Å²) in [6.45, 7) is 4.08. The third-order valence-corrected chi connectivity index (χ3v) is 3.36. The van der Waals surface area contributed by atoms with Gasteiger partial charge in [0.25, 0.3) is 0 Å². The van der Waals surface area contributed by atoms with Gasteiger partial charge < -0.3 is 19.9 Å². The normalized spacial score (nSPS) is 11.2. The molecule has 0 aliphatic rings. The molecule has 0 aliphatic heterocycles. The van der Waals surface area contributed by atoms with E-state index in [0.717, 1.165) is 0 Å². The molecule has 0 saturated carbocycles. The van der Waals surface area contributed by atoms with Gasteiger partial charge >= 0.3 is 5.97 Å². The molecular weight excluding hydrogens is 282 g/mol. The van der Waals surface area contributed by atoms with Gasteiger partial charge in [0.2, 0.25) is 0 Å². The second-order valence-electron chi connectivity index (χ2n) is 4.92. The first-order valence-corrected chi connectivity index (χ1v) is 6.54. The first-order valence-electron chi connectivity index (χ1n) is 6.16. The van der Waals surface area contributed by atoms with Crippen LogP contribution in [0.5, 0.6) is 5.75 Å². The summed E-state index contributed by atoms with van der Waals surface area (Å²) in [5, 5.41) is 0.287. The predicted molar refractivity (Wildman–Crippen MR) is 78.4 cm³/mol. The molecule has 0 radical (unpaired) electrons. The van der Waals surface area contributed by atoms with Gasteiger partial charge in [-0.1, -0.05) is 11.6 Å². The molecular formula is C14H20ClNO4. The van der Waals surface area contributed by atoms with Crippen molar-refractivity contribution in [3.05, 3.63) is 22.7 Å². The van der Waals surface area contributed by atoms with Gasteiger partial charge in [-0.05, 0) is 19.9 Å². The van der Waals surface area contributed by atoms with Gasteiger partial charge in [0.05, 0.1) is 30.0 Å². The van der Waals surface area contributed by atoms with Crippen LogP contribution < -0.4 is 10.5 Å². The van der Waals surface area contributed by atoms with Crippen LogP contribution in [0.3, 0.4) is 0 Å². The Morgan fingerprint density at radius 2 is 2.00 bits per heavy atom. The first-order chi connectivity index (χ1) is 9.30. The summed E-state index contributed by atoms with van der Waals surface area (Å²) >= 11 is 5.91. The Balaban J connectivity index is 2.75. The number of methoxy groups -OCH3 is 2. The number of esters is 1. The van der Waals surface area contributed by atoms with Crippen molar-refractivity contribution in [3.63, 3.8) is 0 Å². The Morgan fingerprint density at radius 3 is 2.55 bits per heavy atom. The fourth-order valence-corrected chi connectivity index (χ4v) is 1.63. The Bertz CT molecular complexity index is 488. The molecule has 0 aliphatic carbocycles. The number of halogens is 1. The van der Waals surface area contributed by atoms with Crippen LogP contribution in [0.1, 0.15) is 30.6 Å². The minimum absolute atomic E-state index is 0.241. The van der Waals surface area contributed by atoms with Crippen LogP contribution in [0.2, 0.25) is 5.02 Å². The maximum Gasteiger partial charge on any atom is 0.341 e. The van der Waals surface area contributed by atoms with E-state index >= 15 is 0 Å². The molecule has 20 heavy (non-hydrogen) atoms. The van der Waals surface area contributed by atoms with Crippen LogP contribution in [0, 0.1) is 0 Å². The Labute approximate surface area is 123 Å². The Kier molecular flexibility index (Phi) is 5.65. The zero-order valence-corrected chi connectivity index (χ0v) is 12.9. The molecule has 0 heterocycles. The van der Waals surface area contributed by atoms with Crippen molar-refractivity contribution in [3.8, 4) is 5.75 Å². The molecule has 5 nitrogen and oxygen atoms in total. The molecule has 0 amide bonds. The molecule has 6 heteroatoms. The second-order valence-corrected chi connectivity index (χ2v) is 5.33. The Morgan fingerprint density at radius 1 is 1.35 bits per heavy atom. The first kappa shape index (κ1) is 16.6. The molecule has 112 valence electrons. The zero-order chi connectivity index (χ0) is 15.3. The van der Waals surface area contributed by atoms with Crippen molar-refractivity contribution >= 4 is 23.3 Å². The predicted octanol–water partition coefficient (Wildman–Crippen LogP) is 2.90. The van der Waals surface area contributed by atoms with Crippen molar-refractivity contribution in [2.75, 3.05) is 26.6 Å². The largest absolute Gasteiger partial charge is 0.496 e. The summed E-state index contributed by atoms with van der Waals surface area (Å²) in [6, 6.07) is 2.94.